The Morgan fingerprint density at radius 1 is 1.22 bits per heavy atom. The standard InChI is InChI=1S/C19H16ClN3O3S/c1-25-18(24)14-7-5-12(9-21-14)16-19(26-17(23-16)11-3-2-4-11)27-15-8-6-13(20)10-22-15/h5-11H,2-4H2,1H3. The van der Waals surface area contributed by atoms with Crippen LogP contribution in [0.25, 0.3) is 11.3 Å². The normalized spacial score (nSPS) is 14.0. The molecule has 1 saturated carbocycles. The van der Waals surface area contributed by atoms with E-state index in [4.69, 9.17) is 25.7 Å². The van der Waals surface area contributed by atoms with E-state index < -0.39 is 5.97 Å². The highest BCUT2D eigenvalue weighted by Gasteiger charge is 2.27. The molecule has 27 heavy (non-hydrogen) atoms. The van der Waals surface area contributed by atoms with E-state index in [-0.39, 0.29) is 5.69 Å². The Morgan fingerprint density at radius 3 is 2.67 bits per heavy atom. The van der Waals surface area contributed by atoms with Crippen molar-refractivity contribution in [2.24, 2.45) is 0 Å². The molecule has 1 fully saturated rings. The number of methoxy groups -OCH3 is 1. The van der Waals surface area contributed by atoms with E-state index in [9.17, 15) is 4.79 Å². The number of nitrogens with zero attached hydrogens (tertiary/aromatic N) is 3. The molecule has 0 atom stereocenters. The minimum absolute atomic E-state index is 0.248. The maximum Gasteiger partial charge on any atom is 0.356 e. The van der Waals surface area contributed by atoms with Gasteiger partial charge < -0.3 is 9.15 Å². The second-order valence-corrected chi connectivity index (χ2v) is 7.59. The van der Waals surface area contributed by atoms with Crippen LogP contribution < -0.4 is 0 Å². The van der Waals surface area contributed by atoms with Crippen molar-refractivity contribution in [1.82, 2.24) is 15.0 Å². The van der Waals surface area contributed by atoms with Crippen LogP contribution in [-0.2, 0) is 4.74 Å². The Kier molecular flexibility index (Phi) is 5.13. The largest absolute Gasteiger partial charge is 0.464 e. The molecule has 0 aliphatic heterocycles. The van der Waals surface area contributed by atoms with Gasteiger partial charge in [-0.3, -0.25) is 0 Å². The minimum Gasteiger partial charge on any atom is -0.464 e. The molecule has 4 rings (SSSR count). The maximum atomic E-state index is 11.6. The number of hydrogen-bond acceptors (Lipinski definition) is 7. The SMILES string of the molecule is COC(=O)c1ccc(-c2nc(C3CCC3)oc2Sc2ccc(Cl)cn2)cn1. The highest BCUT2D eigenvalue weighted by molar-refractivity contribution is 7.99. The number of pyridine rings is 2. The van der Waals surface area contributed by atoms with E-state index >= 15 is 0 Å². The molecule has 0 spiro atoms. The number of carbonyl (C=O) groups is 1. The molecular weight excluding hydrogens is 386 g/mol. The van der Waals surface area contributed by atoms with Crippen LogP contribution in [0.4, 0.5) is 0 Å². The van der Waals surface area contributed by atoms with E-state index in [1.165, 1.54) is 25.3 Å². The number of rotatable bonds is 5. The summed E-state index contributed by atoms with van der Waals surface area (Å²) in [5, 5.41) is 1.99. The first kappa shape index (κ1) is 18.0. The second kappa shape index (κ2) is 7.70. The lowest BCUT2D eigenvalue weighted by Gasteiger charge is -2.21. The van der Waals surface area contributed by atoms with Gasteiger partial charge in [0.15, 0.2) is 11.0 Å². The van der Waals surface area contributed by atoms with Crippen LogP contribution in [0, 0.1) is 0 Å². The monoisotopic (exact) mass is 401 g/mol. The van der Waals surface area contributed by atoms with Crippen molar-refractivity contribution in [2.45, 2.75) is 35.3 Å². The van der Waals surface area contributed by atoms with Crippen molar-refractivity contribution in [3.05, 3.63) is 53.3 Å². The predicted molar refractivity (Wildman–Crippen MR) is 101 cm³/mol. The molecule has 0 saturated heterocycles. The molecule has 0 radical (unpaired) electrons. The summed E-state index contributed by atoms with van der Waals surface area (Å²) in [6, 6.07) is 7.03. The molecule has 3 aromatic heterocycles. The molecule has 1 aliphatic rings. The summed E-state index contributed by atoms with van der Waals surface area (Å²) >= 11 is 7.30. The third kappa shape index (κ3) is 3.84. The van der Waals surface area contributed by atoms with Gasteiger partial charge in [0.25, 0.3) is 0 Å². The van der Waals surface area contributed by atoms with Crippen LogP contribution in [0.1, 0.15) is 41.6 Å². The number of oxazole rings is 1. The molecule has 8 heteroatoms. The van der Waals surface area contributed by atoms with Crippen molar-refractivity contribution in [1.29, 1.82) is 0 Å². The number of esters is 1. The molecule has 0 bridgehead atoms. The van der Waals surface area contributed by atoms with E-state index in [1.807, 2.05) is 6.07 Å². The number of carbonyl (C=O) groups excluding carboxylic acids is 1. The molecule has 1 aliphatic carbocycles. The van der Waals surface area contributed by atoms with Crippen LogP contribution in [0.2, 0.25) is 5.02 Å². The van der Waals surface area contributed by atoms with E-state index in [0.717, 1.165) is 29.3 Å². The Morgan fingerprint density at radius 2 is 2.07 bits per heavy atom. The molecule has 0 amide bonds. The average molecular weight is 402 g/mol. The zero-order valence-electron chi connectivity index (χ0n) is 14.5. The van der Waals surface area contributed by atoms with Gasteiger partial charge in [-0.05, 0) is 48.9 Å². The van der Waals surface area contributed by atoms with E-state index in [2.05, 4.69) is 9.97 Å². The fourth-order valence-electron chi connectivity index (χ4n) is 2.68. The summed E-state index contributed by atoms with van der Waals surface area (Å²) in [6.45, 7) is 0. The molecule has 0 unspecified atom stereocenters. The number of halogens is 1. The lowest BCUT2D eigenvalue weighted by molar-refractivity contribution is 0.0594. The summed E-state index contributed by atoms with van der Waals surface area (Å²) in [6.07, 6.45) is 6.57. The van der Waals surface area contributed by atoms with Crippen LogP contribution in [0.15, 0.2) is 51.2 Å². The highest BCUT2D eigenvalue weighted by atomic mass is 35.5. The molecule has 138 valence electrons. The number of aromatic nitrogens is 3. The van der Waals surface area contributed by atoms with Crippen LogP contribution in [-0.4, -0.2) is 28.0 Å². The van der Waals surface area contributed by atoms with Crippen molar-refractivity contribution in [2.75, 3.05) is 7.11 Å². The first-order chi connectivity index (χ1) is 13.1. The van der Waals surface area contributed by atoms with Crippen molar-refractivity contribution >= 4 is 29.3 Å². The fourth-order valence-corrected chi connectivity index (χ4v) is 3.61. The summed E-state index contributed by atoms with van der Waals surface area (Å²) in [4.78, 5) is 24.8. The first-order valence-electron chi connectivity index (χ1n) is 8.49. The van der Waals surface area contributed by atoms with Gasteiger partial charge in [-0.2, -0.15) is 0 Å². The zero-order valence-corrected chi connectivity index (χ0v) is 16.1. The van der Waals surface area contributed by atoms with Crippen molar-refractivity contribution < 1.29 is 13.9 Å². The van der Waals surface area contributed by atoms with Crippen LogP contribution in [0.5, 0.6) is 0 Å². The fraction of sp³-hybridized carbons (Fsp3) is 0.263. The maximum absolute atomic E-state index is 11.6. The highest BCUT2D eigenvalue weighted by Crippen LogP contribution is 2.42. The molecule has 3 aromatic rings. The molecule has 0 N–H and O–H groups in total. The lowest BCUT2D eigenvalue weighted by atomic mass is 9.85. The third-order valence-electron chi connectivity index (χ3n) is 4.40. The van der Waals surface area contributed by atoms with Crippen LogP contribution in [0.3, 0.4) is 0 Å². The smallest absolute Gasteiger partial charge is 0.356 e. The van der Waals surface area contributed by atoms with Gasteiger partial charge in [-0.15, -0.1) is 0 Å². The minimum atomic E-state index is -0.475. The number of ether oxygens (including phenoxy) is 1. The Balaban J connectivity index is 1.68. The first-order valence-corrected chi connectivity index (χ1v) is 9.68. The number of hydrogen-bond donors (Lipinski definition) is 0. The predicted octanol–water partition coefficient (Wildman–Crippen LogP) is 4.99. The molecule has 3 heterocycles. The Labute approximate surface area is 165 Å². The summed E-state index contributed by atoms with van der Waals surface area (Å²) in [7, 11) is 1.33. The summed E-state index contributed by atoms with van der Waals surface area (Å²) in [5.41, 5.74) is 1.72. The molecular formula is C19H16ClN3O3S. The average Bonchev–Trinajstić information content (AvgIpc) is 3.04. The van der Waals surface area contributed by atoms with Crippen LogP contribution >= 0.6 is 23.4 Å². The van der Waals surface area contributed by atoms with Gasteiger partial charge in [-0.1, -0.05) is 18.0 Å². The van der Waals surface area contributed by atoms with Gasteiger partial charge in [0, 0.05) is 23.9 Å². The van der Waals surface area contributed by atoms with Gasteiger partial charge in [0.1, 0.15) is 16.4 Å². The Hall–Kier alpha value is -2.38. The van der Waals surface area contributed by atoms with Gasteiger partial charge in [-0.25, -0.2) is 19.7 Å². The second-order valence-electron chi connectivity index (χ2n) is 6.16. The van der Waals surface area contributed by atoms with Crippen molar-refractivity contribution in [3.8, 4) is 11.3 Å². The van der Waals surface area contributed by atoms with Gasteiger partial charge in [0.05, 0.1) is 12.1 Å². The van der Waals surface area contributed by atoms with Gasteiger partial charge in [0.2, 0.25) is 0 Å². The topological polar surface area (TPSA) is 78.1 Å². The molecule has 0 aromatic carbocycles. The van der Waals surface area contributed by atoms with Crippen molar-refractivity contribution in [3.63, 3.8) is 0 Å². The quantitative estimate of drug-likeness (QED) is 0.557. The lowest BCUT2D eigenvalue weighted by Crippen LogP contribution is -2.08. The Bertz CT molecular complexity index is 953. The van der Waals surface area contributed by atoms with E-state index in [1.54, 1.807) is 30.6 Å². The zero-order chi connectivity index (χ0) is 18.8. The molecule has 6 nitrogen and oxygen atoms in total. The summed E-state index contributed by atoms with van der Waals surface area (Å²) < 4.78 is 10.8. The summed E-state index contributed by atoms with van der Waals surface area (Å²) in [5.74, 6) is 0.625. The van der Waals surface area contributed by atoms with E-state index in [0.29, 0.717) is 21.7 Å². The van der Waals surface area contributed by atoms with Gasteiger partial charge >= 0.3 is 5.97 Å². The third-order valence-corrected chi connectivity index (χ3v) is 5.53.